The Hall–Kier alpha value is -3.41. The number of alkyl halides is 3. The average Bonchev–Trinajstić information content (AvgIpc) is 2.76. The molecule has 1 aromatic carbocycles. The summed E-state index contributed by atoms with van der Waals surface area (Å²) in [7, 11) is 0. The summed E-state index contributed by atoms with van der Waals surface area (Å²) >= 11 is 0. The fourth-order valence-electron chi connectivity index (χ4n) is 3.71. The van der Waals surface area contributed by atoms with Crippen LogP contribution in [0, 0.1) is 0 Å². The molecule has 0 spiro atoms. The number of nitrogens with zero attached hydrogens (tertiary/aromatic N) is 5. The van der Waals surface area contributed by atoms with Gasteiger partial charge in [-0.25, -0.2) is 14.8 Å². The quantitative estimate of drug-likeness (QED) is 0.609. The van der Waals surface area contributed by atoms with E-state index in [1.165, 1.54) is 6.07 Å². The lowest BCUT2D eigenvalue weighted by molar-refractivity contribution is -0.274. The number of hydrogen-bond donors (Lipinski definition) is 1. The lowest BCUT2D eigenvalue weighted by atomic mass is 10.2. The van der Waals surface area contributed by atoms with Crippen molar-refractivity contribution in [3.05, 3.63) is 57.5 Å². The van der Waals surface area contributed by atoms with E-state index in [1.54, 1.807) is 18.5 Å². The van der Waals surface area contributed by atoms with Crippen LogP contribution in [0.15, 0.2) is 46.2 Å². The van der Waals surface area contributed by atoms with Gasteiger partial charge < -0.3 is 14.6 Å². The minimum atomic E-state index is -4.87. The third kappa shape index (κ3) is 5.07. The van der Waals surface area contributed by atoms with Crippen LogP contribution in [0.25, 0.3) is 10.9 Å². The molecule has 1 aliphatic heterocycles. The van der Waals surface area contributed by atoms with Gasteiger partial charge in [-0.1, -0.05) is 0 Å². The summed E-state index contributed by atoms with van der Waals surface area (Å²) < 4.78 is 42.3. The highest BCUT2D eigenvalue weighted by Crippen LogP contribution is 2.24. The van der Waals surface area contributed by atoms with Crippen LogP contribution >= 0.6 is 0 Å². The lowest BCUT2D eigenvalue weighted by Crippen LogP contribution is -2.47. The zero-order valence-electron chi connectivity index (χ0n) is 17.0. The van der Waals surface area contributed by atoms with Crippen LogP contribution < -0.4 is 20.9 Å². The third-order valence-electron chi connectivity index (χ3n) is 5.25. The van der Waals surface area contributed by atoms with Gasteiger partial charge in [-0.05, 0) is 37.2 Å². The molecule has 1 aliphatic rings. The van der Waals surface area contributed by atoms with E-state index in [2.05, 4.69) is 29.5 Å². The number of halogens is 3. The second kappa shape index (κ2) is 8.99. The maximum atomic E-state index is 12.7. The number of ether oxygens (including phenoxy) is 1. The van der Waals surface area contributed by atoms with Crippen molar-refractivity contribution in [1.29, 1.82) is 0 Å². The SMILES string of the molecule is O=c1[nH]c2ccc(OC(F)(F)F)cc2c(=O)n1CCCN1CCN(c2ncccn2)CC1. The fraction of sp³-hybridized carbons (Fsp3) is 0.400. The summed E-state index contributed by atoms with van der Waals surface area (Å²) in [6.07, 6.45) is -0.932. The van der Waals surface area contributed by atoms with Crippen LogP contribution in [-0.4, -0.2) is 63.5 Å². The molecule has 3 aromatic rings. The van der Waals surface area contributed by atoms with Crippen LogP contribution in [0.5, 0.6) is 5.75 Å². The molecule has 2 aromatic heterocycles. The Morgan fingerprint density at radius 3 is 2.44 bits per heavy atom. The zero-order valence-corrected chi connectivity index (χ0v) is 17.0. The van der Waals surface area contributed by atoms with Crippen LogP contribution in [-0.2, 0) is 6.54 Å². The monoisotopic (exact) mass is 450 g/mol. The molecule has 12 heteroatoms. The Morgan fingerprint density at radius 2 is 1.75 bits per heavy atom. The van der Waals surface area contributed by atoms with Gasteiger partial charge in [-0.15, -0.1) is 13.2 Å². The van der Waals surface area contributed by atoms with E-state index in [9.17, 15) is 22.8 Å². The highest BCUT2D eigenvalue weighted by Gasteiger charge is 2.31. The first kappa shape index (κ1) is 21.8. The molecule has 9 nitrogen and oxygen atoms in total. The predicted octanol–water partition coefficient (Wildman–Crippen LogP) is 1.59. The summed E-state index contributed by atoms with van der Waals surface area (Å²) in [6, 6.07) is 5.03. The van der Waals surface area contributed by atoms with Gasteiger partial charge in [0.2, 0.25) is 5.95 Å². The van der Waals surface area contributed by atoms with Gasteiger partial charge in [0.05, 0.1) is 10.9 Å². The number of H-pyrrole nitrogens is 1. The summed E-state index contributed by atoms with van der Waals surface area (Å²) in [5.74, 6) is 0.177. The molecular weight excluding hydrogens is 429 g/mol. The maximum Gasteiger partial charge on any atom is 0.573 e. The molecule has 1 saturated heterocycles. The summed E-state index contributed by atoms with van der Waals surface area (Å²) in [5.41, 5.74) is -1.09. The number of anilines is 1. The highest BCUT2D eigenvalue weighted by molar-refractivity contribution is 5.78. The summed E-state index contributed by atoms with van der Waals surface area (Å²) in [4.78, 5) is 40.4. The number of piperazine rings is 1. The molecule has 0 saturated carbocycles. The van der Waals surface area contributed by atoms with Crippen LogP contribution in [0.3, 0.4) is 0 Å². The molecule has 0 amide bonds. The maximum absolute atomic E-state index is 12.7. The molecule has 0 aliphatic carbocycles. The smallest absolute Gasteiger partial charge is 0.406 e. The number of nitrogens with one attached hydrogen (secondary N) is 1. The molecule has 32 heavy (non-hydrogen) atoms. The molecule has 3 heterocycles. The molecule has 0 bridgehead atoms. The van der Waals surface area contributed by atoms with Crippen LogP contribution in [0.4, 0.5) is 19.1 Å². The molecule has 0 radical (unpaired) electrons. The average molecular weight is 450 g/mol. The standard InChI is InChI=1S/C20H21F3N6O3/c21-20(22,23)32-14-3-4-16-15(13-14)17(30)29(19(31)26-16)8-2-7-27-9-11-28(12-10-27)18-24-5-1-6-25-18/h1,3-6,13H,2,7-12H2,(H,26,31). The van der Waals surface area contributed by atoms with Gasteiger partial charge in [0, 0.05) is 45.1 Å². The topological polar surface area (TPSA) is 96.3 Å². The van der Waals surface area contributed by atoms with Crippen molar-refractivity contribution in [2.24, 2.45) is 0 Å². The van der Waals surface area contributed by atoms with Crippen LogP contribution in [0.2, 0.25) is 0 Å². The van der Waals surface area contributed by atoms with Crippen molar-refractivity contribution in [3.63, 3.8) is 0 Å². The molecule has 1 N–H and O–H groups in total. The van der Waals surface area contributed by atoms with Gasteiger partial charge in [0.1, 0.15) is 5.75 Å². The van der Waals surface area contributed by atoms with E-state index >= 15 is 0 Å². The van der Waals surface area contributed by atoms with E-state index in [-0.39, 0.29) is 17.4 Å². The molecule has 1 fully saturated rings. The first-order valence-electron chi connectivity index (χ1n) is 10.1. The molecule has 0 atom stereocenters. The van der Waals surface area contributed by atoms with Gasteiger partial charge in [-0.3, -0.25) is 14.3 Å². The van der Waals surface area contributed by atoms with Crippen LogP contribution in [0.1, 0.15) is 6.42 Å². The normalized spacial score (nSPS) is 15.3. The van der Waals surface area contributed by atoms with E-state index < -0.39 is 23.4 Å². The molecule has 4 rings (SSSR count). The molecule has 0 unspecified atom stereocenters. The van der Waals surface area contributed by atoms with Crippen molar-refractivity contribution in [3.8, 4) is 5.75 Å². The van der Waals surface area contributed by atoms with Crippen molar-refractivity contribution >= 4 is 16.9 Å². The van der Waals surface area contributed by atoms with E-state index in [4.69, 9.17) is 0 Å². The summed E-state index contributed by atoms with van der Waals surface area (Å²) in [6.45, 7) is 3.94. The Bertz CT molecular complexity index is 1190. The minimum Gasteiger partial charge on any atom is -0.406 e. The van der Waals surface area contributed by atoms with Crippen molar-refractivity contribution in [1.82, 2.24) is 24.4 Å². The minimum absolute atomic E-state index is 0.0391. The Balaban J connectivity index is 1.39. The molecule has 170 valence electrons. The number of fused-ring (bicyclic) bond motifs is 1. The second-order valence-corrected chi connectivity index (χ2v) is 7.37. The number of hydrogen-bond acceptors (Lipinski definition) is 7. The first-order valence-corrected chi connectivity index (χ1v) is 10.1. The number of rotatable bonds is 6. The Labute approximate surface area is 180 Å². The Kier molecular flexibility index (Phi) is 6.12. The van der Waals surface area contributed by atoms with Gasteiger partial charge in [0.15, 0.2) is 0 Å². The third-order valence-corrected chi connectivity index (χ3v) is 5.25. The number of aromatic nitrogens is 4. The van der Waals surface area contributed by atoms with Gasteiger partial charge in [-0.2, -0.15) is 0 Å². The zero-order chi connectivity index (χ0) is 22.7. The van der Waals surface area contributed by atoms with Crippen molar-refractivity contribution < 1.29 is 17.9 Å². The van der Waals surface area contributed by atoms with E-state index in [0.717, 1.165) is 42.9 Å². The van der Waals surface area contributed by atoms with E-state index in [0.29, 0.717) is 18.9 Å². The van der Waals surface area contributed by atoms with Gasteiger partial charge in [0.25, 0.3) is 5.56 Å². The summed E-state index contributed by atoms with van der Waals surface area (Å²) in [5, 5.41) is -0.0391. The Morgan fingerprint density at radius 1 is 1.03 bits per heavy atom. The van der Waals surface area contributed by atoms with Crippen molar-refractivity contribution in [2.45, 2.75) is 19.3 Å². The number of benzene rings is 1. The molecular formula is C20H21F3N6O3. The van der Waals surface area contributed by atoms with E-state index in [1.807, 2.05) is 0 Å². The largest absolute Gasteiger partial charge is 0.573 e. The first-order chi connectivity index (χ1) is 15.3. The lowest BCUT2D eigenvalue weighted by Gasteiger charge is -2.34. The highest BCUT2D eigenvalue weighted by atomic mass is 19.4. The fourth-order valence-corrected chi connectivity index (χ4v) is 3.71. The predicted molar refractivity (Wildman–Crippen MR) is 111 cm³/mol. The number of aromatic amines is 1. The van der Waals surface area contributed by atoms with Gasteiger partial charge >= 0.3 is 12.1 Å². The van der Waals surface area contributed by atoms with Crippen molar-refractivity contribution in [2.75, 3.05) is 37.6 Å². The second-order valence-electron chi connectivity index (χ2n) is 7.37.